The lowest BCUT2D eigenvalue weighted by Crippen LogP contribution is -2.24. The van der Waals surface area contributed by atoms with Crippen LogP contribution >= 0.6 is 0 Å². The standard InChI is InChI=1S/C20H29F.2C20H30.C20H24.C15H24F2.C15H25F.11H2/c1-14-3-6-16(7-4-14)17-9-11-18(12-10-17)19-8-5-15(2)20(21)13-19;3*1-15-3-7-17(8-4-15)19-11-13-20(14-12-19)18-9-5-16(2)6-10-18;1-11-2-6-13(7-3-11)14-8-4-12(5-9-14)10-15(16)17;1-12-2-6-14(7-3-12)15-8-4-13(5-9-15)10-11-16;;;;;;;;;;;/h5,8,13-14,16-18H,3-4,6-7,9-12H2,1-2H3;2*3-4,7-8,16,18-20H,5-6,9-14H2,1-2H3;3-4,7-8,11-14,16,18H,5-6,9-10H2,1-2H3;10-14H,2-9H2,1H3;10-15H,2-9H2,1H3;11*1H/b;;;;;11-10+;;;;;;;;;;;. The van der Waals surface area contributed by atoms with Crippen LogP contribution in [0.25, 0.3) is 11.1 Å². The van der Waals surface area contributed by atoms with Gasteiger partial charge in [-0.25, -0.2) is 8.78 Å². The lowest BCUT2D eigenvalue weighted by atomic mass is 9.68. The van der Waals surface area contributed by atoms with E-state index in [4.69, 9.17) is 0 Å². The molecule has 11 aliphatic rings. The van der Waals surface area contributed by atoms with Gasteiger partial charge in [-0.15, -0.1) is 0 Å². The Morgan fingerprint density at radius 1 is 0.263 bits per heavy atom. The minimum absolute atomic E-state index is 0. The predicted octanol–water partition coefficient (Wildman–Crippen LogP) is 37.6. The SMILES string of the molecule is CC1CCC(C2CCC(/C=C/F)CC2)CC1.CC1CCC(C2CCC(C=C(F)F)CC2)CC1.Cc1ccc(-c2ccc(C3CCC(C)CC3)cc2)cc1.Cc1ccc(C2CCC(C3CCC(C)CC3)CC2)cc1.Cc1ccc(C2CCC(C3CCC(C)CC3)CC2)cc1.Cc1ccc(C2CCC(C3CCC(C)CC3)CC2)cc1F.[HH].[HH].[HH].[HH].[HH].[HH].[HH].[HH].[HH].[HH].[HH]. The first-order chi connectivity index (χ1) is 55.2. The Kier molecular flexibility index (Phi) is 36.9. The molecule has 0 heterocycles. The Hall–Kier alpha value is -4.70. The number of halogens is 4. The van der Waals surface area contributed by atoms with Crippen molar-refractivity contribution >= 4 is 0 Å². The molecule has 5 aromatic carbocycles. The van der Waals surface area contributed by atoms with Crippen LogP contribution in [-0.4, -0.2) is 0 Å². The largest absolute Gasteiger partial charge is 0.266 e. The van der Waals surface area contributed by atoms with Crippen molar-refractivity contribution in [2.45, 2.75) is 375 Å². The summed E-state index contributed by atoms with van der Waals surface area (Å²) in [5.41, 5.74) is 13.5. The lowest BCUT2D eigenvalue weighted by molar-refractivity contribution is 0.159. The first kappa shape index (κ1) is 90.1. The van der Waals surface area contributed by atoms with Crippen molar-refractivity contribution in [1.82, 2.24) is 0 Å². The van der Waals surface area contributed by atoms with Crippen LogP contribution in [0.4, 0.5) is 17.6 Å². The number of hydrogen-bond donors (Lipinski definition) is 0. The topological polar surface area (TPSA) is 0 Å². The molecule has 0 N–H and O–H groups in total. The van der Waals surface area contributed by atoms with Crippen molar-refractivity contribution in [2.24, 2.45) is 107 Å². The summed E-state index contributed by atoms with van der Waals surface area (Å²) < 4.78 is 50.2. The zero-order chi connectivity index (χ0) is 80.3. The number of rotatable bonds is 12. The molecule has 5 aromatic rings. The minimum atomic E-state index is -1.49. The zero-order valence-corrected chi connectivity index (χ0v) is 74.0. The van der Waals surface area contributed by atoms with Crippen LogP contribution in [0.2, 0.25) is 0 Å². The van der Waals surface area contributed by atoms with Gasteiger partial charge in [-0.2, -0.15) is 8.78 Å². The maximum Gasteiger partial charge on any atom is 0.266 e. The van der Waals surface area contributed by atoms with Gasteiger partial charge in [0.2, 0.25) is 0 Å². The van der Waals surface area contributed by atoms with Gasteiger partial charge in [0, 0.05) is 15.7 Å². The molecule has 652 valence electrons. The number of benzene rings is 5. The van der Waals surface area contributed by atoms with Gasteiger partial charge in [0.1, 0.15) is 5.82 Å². The molecule has 114 heavy (non-hydrogen) atoms. The fourth-order valence-corrected chi connectivity index (χ4v) is 24.3. The normalized spacial score (nSPS) is 34.1. The molecule has 0 aliphatic heterocycles. The molecule has 11 fully saturated rings. The van der Waals surface area contributed by atoms with Gasteiger partial charge in [0.05, 0.1) is 6.33 Å². The predicted molar refractivity (Wildman–Crippen MR) is 505 cm³/mol. The Balaban J connectivity index is 0.00000145. The monoisotopic (exact) mass is 1580 g/mol. The molecular weight excluding hydrogens is 1400 g/mol. The Labute approximate surface area is 712 Å². The molecule has 11 aliphatic carbocycles. The average Bonchev–Trinajstić information content (AvgIpc) is 0.833. The summed E-state index contributed by atoms with van der Waals surface area (Å²) in [5, 5.41) is 0. The molecule has 0 aromatic heterocycles. The van der Waals surface area contributed by atoms with E-state index in [1.807, 2.05) is 13.0 Å². The fraction of sp³-hybridized carbons (Fsp3) is 0.691. The van der Waals surface area contributed by atoms with Crippen molar-refractivity contribution in [3.8, 4) is 11.1 Å². The summed E-state index contributed by atoms with van der Waals surface area (Å²) in [6.07, 6.45) is 63.2. The Morgan fingerprint density at radius 3 is 0.746 bits per heavy atom. The van der Waals surface area contributed by atoms with Gasteiger partial charge >= 0.3 is 0 Å². The molecule has 0 amide bonds. The van der Waals surface area contributed by atoms with E-state index in [0.29, 0.717) is 11.8 Å². The molecule has 0 saturated heterocycles. The van der Waals surface area contributed by atoms with Gasteiger partial charge in [-0.3, -0.25) is 0 Å². The molecule has 16 rings (SSSR count). The molecule has 0 unspecified atom stereocenters. The van der Waals surface area contributed by atoms with Crippen LogP contribution in [0.5, 0.6) is 0 Å². The van der Waals surface area contributed by atoms with Crippen molar-refractivity contribution in [3.05, 3.63) is 190 Å². The van der Waals surface area contributed by atoms with E-state index in [2.05, 4.69) is 165 Å². The number of allylic oxidation sites excluding steroid dienone is 2. The Morgan fingerprint density at radius 2 is 0.474 bits per heavy atom. The molecule has 0 atom stereocenters. The second-order valence-corrected chi connectivity index (χ2v) is 41.3. The Bertz CT molecular complexity index is 3440. The van der Waals surface area contributed by atoms with E-state index in [9.17, 15) is 17.6 Å². The lowest BCUT2D eigenvalue weighted by Gasteiger charge is -2.37. The van der Waals surface area contributed by atoms with Gasteiger partial charge in [-0.05, 0) is 414 Å². The maximum atomic E-state index is 13.7. The van der Waals surface area contributed by atoms with E-state index in [1.165, 1.54) is 315 Å². The zero-order valence-electron chi connectivity index (χ0n) is 74.0. The molecule has 0 bridgehead atoms. The quantitative estimate of drug-likeness (QED) is 0.109. The first-order valence-corrected chi connectivity index (χ1v) is 48.6. The summed E-state index contributed by atoms with van der Waals surface area (Å²) in [5.74, 6) is 19.3. The van der Waals surface area contributed by atoms with Gasteiger partial charge in [0.15, 0.2) is 0 Å². The van der Waals surface area contributed by atoms with Crippen LogP contribution in [0.1, 0.15) is 408 Å². The highest BCUT2D eigenvalue weighted by Crippen LogP contribution is 2.49. The maximum absolute atomic E-state index is 13.7. The highest BCUT2D eigenvalue weighted by molar-refractivity contribution is 5.64. The number of hydrogen-bond acceptors (Lipinski definition) is 0. The van der Waals surface area contributed by atoms with Crippen LogP contribution < -0.4 is 0 Å². The van der Waals surface area contributed by atoms with Crippen LogP contribution in [0.15, 0.2) is 140 Å². The average molecular weight is 1580 g/mol. The van der Waals surface area contributed by atoms with Crippen LogP contribution in [0, 0.1) is 140 Å². The molecule has 0 nitrogen and oxygen atoms in total. The smallest absolute Gasteiger partial charge is 0.216 e. The molecule has 0 radical (unpaired) electrons. The minimum Gasteiger partial charge on any atom is -0.216 e. The fourth-order valence-electron chi connectivity index (χ4n) is 24.3. The summed E-state index contributed by atoms with van der Waals surface area (Å²) in [6.45, 7) is 22.7. The van der Waals surface area contributed by atoms with E-state index in [-0.39, 0.29) is 27.4 Å². The third kappa shape index (κ3) is 28.8. The molecule has 4 heteroatoms. The summed E-state index contributed by atoms with van der Waals surface area (Å²) >= 11 is 0. The summed E-state index contributed by atoms with van der Waals surface area (Å²) in [6, 6.07) is 42.5. The number of aryl methyl sites for hydroxylation is 4. The van der Waals surface area contributed by atoms with Gasteiger partial charge in [-0.1, -0.05) is 251 Å². The highest BCUT2D eigenvalue weighted by atomic mass is 19.3. The third-order valence-corrected chi connectivity index (χ3v) is 32.8. The van der Waals surface area contributed by atoms with Crippen LogP contribution in [-0.2, 0) is 0 Å². The summed E-state index contributed by atoms with van der Waals surface area (Å²) in [7, 11) is 0. The van der Waals surface area contributed by atoms with Crippen LogP contribution in [0.3, 0.4) is 0 Å². The highest BCUT2D eigenvalue weighted by Gasteiger charge is 2.36. The second-order valence-electron chi connectivity index (χ2n) is 41.3. The van der Waals surface area contributed by atoms with E-state index < -0.39 is 6.08 Å². The molecular formula is C110H184F4. The van der Waals surface area contributed by atoms with Gasteiger partial charge < -0.3 is 0 Å². The first-order valence-electron chi connectivity index (χ1n) is 48.6. The van der Waals surface area contributed by atoms with E-state index >= 15 is 0 Å². The van der Waals surface area contributed by atoms with E-state index in [0.717, 1.165) is 137 Å². The van der Waals surface area contributed by atoms with Gasteiger partial charge in [0.25, 0.3) is 6.08 Å². The third-order valence-electron chi connectivity index (χ3n) is 32.8. The van der Waals surface area contributed by atoms with E-state index in [1.54, 1.807) is 23.3 Å². The molecule has 0 spiro atoms. The van der Waals surface area contributed by atoms with Crippen molar-refractivity contribution in [1.29, 1.82) is 0 Å². The van der Waals surface area contributed by atoms with Crippen molar-refractivity contribution in [3.63, 3.8) is 0 Å². The van der Waals surface area contributed by atoms with Crippen molar-refractivity contribution < 1.29 is 33.3 Å². The second kappa shape index (κ2) is 46.8. The summed E-state index contributed by atoms with van der Waals surface area (Å²) in [4.78, 5) is 0. The van der Waals surface area contributed by atoms with Crippen molar-refractivity contribution in [2.75, 3.05) is 0 Å². The molecule has 11 saturated carbocycles.